The van der Waals surface area contributed by atoms with Gasteiger partial charge in [-0.1, -0.05) is 0 Å². The second-order valence-corrected chi connectivity index (χ2v) is 12.4. The summed E-state index contributed by atoms with van der Waals surface area (Å²) in [5, 5.41) is 27.8. The van der Waals surface area contributed by atoms with Gasteiger partial charge in [-0.25, -0.2) is 0 Å². The number of unbranched alkanes of at least 4 members (excludes halogenated alkanes) is 1. The maximum absolute atomic E-state index is 9.43. The Morgan fingerprint density at radius 2 is 1.50 bits per heavy atom. The van der Waals surface area contributed by atoms with Crippen molar-refractivity contribution in [1.29, 1.82) is 10.5 Å². The number of benzene rings is 1. The molecule has 0 aliphatic rings. The Balaban J connectivity index is 1.58. The van der Waals surface area contributed by atoms with E-state index in [1.165, 1.54) is 17.8 Å². The fraction of sp³-hybridized carbons (Fsp3) is 0.625. The number of aryl methyl sites for hydroxylation is 1. The third-order valence-electron chi connectivity index (χ3n) is 7.15. The van der Waals surface area contributed by atoms with Crippen LogP contribution < -0.4 is 4.90 Å². The Bertz CT molecular complexity index is 1240. The van der Waals surface area contributed by atoms with Crippen molar-refractivity contribution < 1.29 is 23.4 Å². The van der Waals surface area contributed by atoms with Gasteiger partial charge in [-0.3, -0.25) is 0 Å². The molecule has 0 N–H and O–H groups in total. The van der Waals surface area contributed by atoms with Gasteiger partial charge >= 0.3 is 0 Å². The molecule has 0 spiro atoms. The molecule has 12 heteroatoms. The number of nitrogens with zero attached hydrogens (tertiary/aromatic N) is 6. The number of thiol groups is 1. The number of likely N-dealkylation sites (N-methyl/N-ethyl adjacent to an activating group) is 2. The first-order valence-electron chi connectivity index (χ1n) is 15.2. The van der Waals surface area contributed by atoms with Gasteiger partial charge in [0.15, 0.2) is 5.00 Å². The molecule has 242 valence electrons. The SMILES string of the molecule is CCN(CCOCCOCCOCCOCC[N+](C)(C)CCCCS)c1ccc(/N=N/c2sc(C#N)c(C)c2C#N)c(C)c1. The lowest BCUT2D eigenvalue weighted by atomic mass is 10.1. The van der Waals surface area contributed by atoms with E-state index in [-0.39, 0.29) is 0 Å². The summed E-state index contributed by atoms with van der Waals surface area (Å²) in [6, 6.07) is 10.2. The van der Waals surface area contributed by atoms with E-state index >= 15 is 0 Å². The minimum Gasteiger partial charge on any atom is -0.377 e. The number of hydrogen-bond acceptors (Lipinski definition) is 11. The van der Waals surface area contributed by atoms with Gasteiger partial charge < -0.3 is 28.3 Å². The first-order valence-corrected chi connectivity index (χ1v) is 16.7. The maximum atomic E-state index is 9.43. The molecule has 0 atom stereocenters. The van der Waals surface area contributed by atoms with Gasteiger partial charge in [0.05, 0.1) is 84.7 Å². The minimum absolute atomic E-state index is 0.405. The molecule has 2 rings (SSSR count). The first kappa shape index (κ1) is 37.6. The summed E-state index contributed by atoms with van der Waals surface area (Å²) in [4.78, 5) is 2.73. The average molecular weight is 646 g/mol. The Morgan fingerprint density at radius 1 is 0.864 bits per heavy atom. The normalized spacial score (nSPS) is 11.6. The number of azo groups is 1. The van der Waals surface area contributed by atoms with Crippen LogP contribution in [0.1, 0.15) is 41.3 Å². The largest absolute Gasteiger partial charge is 0.377 e. The summed E-state index contributed by atoms with van der Waals surface area (Å²) in [6.07, 6.45) is 2.36. The molecule has 2 aromatic rings. The summed E-state index contributed by atoms with van der Waals surface area (Å²) in [5.41, 5.74) is 3.83. The van der Waals surface area contributed by atoms with E-state index in [0.29, 0.717) is 67.3 Å². The zero-order chi connectivity index (χ0) is 32.2. The summed E-state index contributed by atoms with van der Waals surface area (Å²) < 4.78 is 23.7. The number of quaternary nitrogens is 1. The Hall–Kier alpha value is -2.55. The van der Waals surface area contributed by atoms with Gasteiger partial charge in [0.1, 0.15) is 23.6 Å². The number of thiophene rings is 1. The van der Waals surface area contributed by atoms with Crippen LogP contribution in [0.3, 0.4) is 0 Å². The molecular formula is C32H49N6O4S2+. The molecule has 1 heterocycles. The first-order chi connectivity index (χ1) is 21.3. The Kier molecular flexibility index (Phi) is 18.2. The summed E-state index contributed by atoms with van der Waals surface area (Å²) in [7, 11) is 4.48. The lowest BCUT2D eigenvalue weighted by Crippen LogP contribution is -2.43. The molecule has 0 unspecified atom stereocenters. The topological polar surface area (TPSA) is 112 Å². The predicted octanol–water partition coefficient (Wildman–Crippen LogP) is 6.20. The molecule has 0 saturated heterocycles. The zero-order valence-corrected chi connectivity index (χ0v) is 28.7. The van der Waals surface area contributed by atoms with Gasteiger partial charge in [-0.2, -0.15) is 23.2 Å². The monoisotopic (exact) mass is 645 g/mol. The molecule has 1 aromatic heterocycles. The highest BCUT2D eigenvalue weighted by Crippen LogP contribution is 2.36. The molecule has 0 aliphatic carbocycles. The van der Waals surface area contributed by atoms with Gasteiger partial charge in [0.2, 0.25) is 0 Å². The van der Waals surface area contributed by atoms with Gasteiger partial charge in [0.25, 0.3) is 0 Å². The van der Waals surface area contributed by atoms with Crippen molar-refractivity contribution >= 4 is 40.3 Å². The lowest BCUT2D eigenvalue weighted by molar-refractivity contribution is -0.890. The molecule has 0 amide bonds. The predicted molar refractivity (Wildman–Crippen MR) is 180 cm³/mol. The highest BCUT2D eigenvalue weighted by Gasteiger charge is 2.15. The maximum Gasteiger partial charge on any atom is 0.158 e. The summed E-state index contributed by atoms with van der Waals surface area (Å²) in [5.74, 6) is 0.951. The van der Waals surface area contributed by atoms with E-state index in [2.05, 4.69) is 67.0 Å². The van der Waals surface area contributed by atoms with Crippen molar-refractivity contribution in [2.24, 2.45) is 10.2 Å². The molecule has 0 radical (unpaired) electrons. The molecule has 0 bridgehead atoms. The quantitative estimate of drug-likeness (QED) is 0.0663. The Labute approximate surface area is 273 Å². The summed E-state index contributed by atoms with van der Waals surface area (Å²) >= 11 is 5.46. The smallest absolute Gasteiger partial charge is 0.158 e. The van der Waals surface area contributed by atoms with Crippen LogP contribution >= 0.6 is 24.0 Å². The van der Waals surface area contributed by atoms with Crippen molar-refractivity contribution in [2.45, 2.75) is 33.6 Å². The highest BCUT2D eigenvalue weighted by molar-refractivity contribution is 7.80. The molecule has 44 heavy (non-hydrogen) atoms. The van der Waals surface area contributed by atoms with Crippen LogP contribution in [-0.2, 0) is 18.9 Å². The van der Waals surface area contributed by atoms with Gasteiger partial charge in [-0.05, 0) is 68.7 Å². The highest BCUT2D eigenvalue weighted by atomic mass is 32.1. The second-order valence-electron chi connectivity index (χ2n) is 11.0. The second kappa shape index (κ2) is 21.2. The third-order valence-corrected chi connectivity index (χ3v) is 8.55. The van der Waals surface area contributed by atoms with Crippen LogP contribution in [0.25, 0.3) is 0 Å². The molecule has 1 aromatic carbocycles. The fourth-order valence-corrected chi connectivity index (χ4v) is 5.44. The Morgan fingerprint density at radius 3 is 2.07 bits per heavy atom. The van der Waals surface area contributed by atoms with E-state index in [9.17, 15) is 10.5 Å². The van der Waals surface area contributed by atoms with Crippen molar-refractivity contribution in [3.8, 4) is 12.1 Å². The molecule has 0 saturated carbocycles. The van der Waals surface area contributed by atoms with Crippen LogP contribution in [0, 0.1) is 36.5 Å². The number of nitriles is 2. The van der Waals surface area contributed by atoms with Gasteiger partial charge in [0, 0.05) is 18.8 Å². The number of rotatable bonds is 23. The van der Waals surface area contributed by atoms with Crippen LogP contribution in [0.5, 0.6) is 0 Å². The van der Waals surface area contributed by atoms with Crippen molar-refractivity contribution in [3.05, 3.63) is 39.8 Å². The van der Waals surface area contributed by atoms with Crippen molar-refractivity contribution in [2.75, 3.05) is 104 Å². The average Bonchev–Trinajstić information content (AvgIpc) is 3.32. The van der Waals surface area contributed by atoms with Crippen LogP contribution in [0.15, 0.2) is 28.4 Å². The molecule has 0 aliphatic heterocycles. The van der Waals surface area contributed by atoms with Gasteiger partial charge in [-0.15, -0.1) is 21.6 Å². The van der Waals surface area contributed by atoms with Crippen LogP contribution in [0.4, 0.5) is 16.4 Å². The number of hydrogen-bond donors (Lipinski definition) is 1. The molecule has 10 nitrogen and oxygen atoms in total. The summed E-state index contributed by atoms with van der Waals surface area (Å²) in [6.45, 7) is 14.2. The van der Waals surface area contributed by atoms with E-state index in [1.54, 1.807) is 6.92 Å². The standard InChI is InChI=1S/C32H48N6O4S2/c1-6-37(28-9-10-30(26(2)23-28)35-36-32-29(24-33)27(3)31(25-34)44-32)11-14-39-16-18-41-20-21-42-19-17-40-15-13-38(4,5)12-7-8-22-43/h9-10,23H,6-8,11-22H2,1-5H3/p+1/b36-35+. The van der Waals surface area contributed by atoms with E-state index < -0.39 is 0 Å². The third kappa shape index (κ3) is 13.6. The van der Waals surface area contributed by atoms with E-state index in [0.717, 1.165) is 66.4 Å². The molecular weight excluding hydrogens is 597 g/mol. The molecule has 0 fully saturated rings. The minimum atomic E-state index is 0.405. The van der Waals surface area contributed by atoms with Crippen LogP contribution in [0.2, 0.25) is 0 Å². The zero-order valence-electron chi connectivity index (χ0n) is 27.0. The van der Waals surface area contributed by atoms with E-state index in [4.69, 9.17) is 18.9 Å². The van der Waals surface area contributed by atoms with Crippen molar-refractivity contribution in [1.82, 2.24) is 0 Å². The fourth-order valence-electron chi connectivity index (χ4n) is 4.34. The lowest BCUT2D eigenvalue weighted by Gasteiger charge is -2.29. The van der Waals surface area contributed by atoms with E-state index in [1.807, 2.05) is 19.1 Å². The number of ether oxygens (including phenoxy) is 4. The number of anilines is 1. The van der Waals surface area contributed by atoms with Crippen molar-refractivity contribution in [3.63, 3.8) is 0 Å². The van der Waals surface area contributed by atoms with Crippen LogP contribution in [-0.4, -0.2) is 103 Å².